The van der Waals surface area contributed by atoms with Gasteiger partial charge < -0.3 is 5.11 Å². The topological polar surface area (TPSA) is 40.5 Å². The van der Waals surface area contributed by atoms with Crippen molar-refractivity contribution >= 4 is 5.78 Å². The largest absolute Gasteiger partial charge is 0.396 e. The summed E-state index contributed by atoms with van der Waals surface area (Å²) < 4.78 is 0. The molecule has 0 aromatic heterocycles. The summed E-state index contributed by atoms with van der Waals surface area (Å²) in [5.74, 6) is 0.748. The van der Waals surface area contributed by atoms with Gasteiger partial charge in [0.25, 0.3) is 0 Å². The Morgan fingerprint density at radius 1 is 1.47 bits per heavy atom. The molecule has 19 heavy (non-hydrogen) atoms. The van der Waals surface area contributed by atoms with Gasteiger partial charge in [-0.05, 0) is 44.7 Å². The number of rotatable bonds is 5. The van der Waals surface area contributed by atoms with E-state index in [0.29, 0.717) is 12.5 Å². The maximum atomic E-state index is 12.2. The lowest BCUT2D eigenvalue weighted by Gasteiger charge is -2.31. The first kappa shape index (κ1) is 14.2. The number of piperidine rings is 1. The lowest BCUT2D eigenvalue weighted by atomic mass is 9.94. The first-order chi connectivity index (χ1) is 9.19. The van der Waals surface area contributed by atoms with Gasteiger partial charge in [-0.3, -0.25) is 9.69 Å². The van der Waals surface area contributed by atoms with Crippen molar-refractivity contribution in [1.29, 1.82) is 0 Å². The Bertz CT molecular complexity index is 429. The molecule has 1 N–H and O–H groups in total. The number of nitrogens with zero attached hydrogens (tertiary/aromatic N) is 1. The number of aryl methyl sites for hydroxylation is 1. The Morgan fingerprint density at radius 3 is 3.05 bits per heavy atom. The second kappa shape index (κ2) is 6.83. The smallest absolute Gasteiger partial charge is 0.176 e. The van der Waals surface area contributed by atoms with E-state index in [1.807, 2.05) is 31.2 Å². The van der Waals surface area contributed by atoms with Crippen molar-refractivity contribution in [3.63, 3.8) is 0 Å². The third-order valence-electron chi connectivity index (χ3n) is 3.85. The van der Waals surface area contributed by atoms with E-state index in [1.54, 1.807) is 0 Å². The minimum absolute atomic E-state index is 0.202. The zero-order valence-corrected chi connectivity index (χ0v) is 11.6. The van der Waals surface area contributed by atoms with E-state index in [-0.39, 0.29) is 12.4 Å². The highest BCUT2D eigenvalue weighted by Gasteiger charge is 2.21. The maximum Gasteiger partial charge on any atom is 0.176 e. The average Bonchev–Trinajstić information content (AvgIpc) is 2.39. The predicted octanol–water partition coefficient (Wildman–Crippen LogP) is 2.27. The summed E-state index contributed by atoms with van der Waals surface area (Å²) in [7, 11) is 0. The van der Waals surface area contributed by atoms with Crippen LogP contribution in [0.4, 0.5) is 0 Å². The number of likely N-dealkylation sites (tertiary alicyclic amines) is 1. The summed E-state index contributed by atoms with van der Waals surface area (Å²) >= 11 is 0. The summed E-state index contributed by atoms with van der Waals surface area (Å²) in [6.45, 7) is 4.71. The van der Waals surface area contributed by atoms with Gasteiger partial charge in [0.2, 0.25) is 0 Å². The fourth-order valence-corrected chi connectivity index (χ4v) is 2.83. The number of carbonyl (C=O) groups excluding carboxylic acids is 1. The average molecular weight is 261 g/mol. The molecule has 2 rings (SSSR count). The second-order valence-corrected chi connectivity index (χ2v) is 5.55. The fourth-order valence-electron chi connectivity index (χ4n) is 2.83. The molecule has 104 valence electrons. The highest BCUT2D eigenvalue weighted by molar-refractivity contribution is 5.97. The summed E-state index contributed by atoms with van der Waals surface area (Å²) in [4.78, 5) is 14.5. The number of ketones is 1. The molecule has 0 spiro atoms. The monoisotopic (exact) mass is 261 g/mol. The van der Waals surface area contributed by atoms with Gasteiger partial charge in [-0.25, -0.2) is 0 Å². The number of aliphatic hydroxyl groups excluding tert-OH is 1. The van der Waals surface area contributed by atoms with Gasteiger partial charge in [0.1, 0.15) is 0 Å². The van der Waals surface area contributed by atoms with Crippen LogP contribution in [-0.4, -0.2) is 42.0 Å². The molecular weight excluding hydrogens is 238 g/mol. The molecule has 0 amide bonds. The van der Waals surface area contributed by atoms with Gasteiger partial charge in [0.05, 0.1) is 6.54 Å². The fraction of sp³-hybridized carbons (Fsp3) is 0.562. The van der Waals surface area contributed by atoms with E-state index in [1.165, 1.54) is 6.42 Å². The van der Waals surface area contributed by atoms with Crippen molar-refractivity contribution in [3.8, 4) is 0 Å². The van der Waals surface area contributed by atoms with E-state index in [4.69, 9.17) is 5.11 Å². The van der Waals surface area contributed by atoms with Crippen molar-refractivity contribution in [2.24, 2.45) is 5.92 Å². The number of aliphatic hydroxyl groups is 1. The highest BCUT2D eigenvalue weighted by Crippen LogP contribution is 2.19. The number of hydrogen-bond donors (Lipinski definition) is 1. The molecule has 1 aromatic carbocycles. The lowest BCUT2D eigenvalue weighted by Crippen LogP contribution is -2.39. The van der Waals surface area contributed by atoms with E-state index in [9.17, 15) is 4.79 Å². The minimum atomic E-state index is 0.202. The SMILES string of the molecule is Cc1cccc(C(=O)CN2CCCC(CCO)C2)c1. The van der Waals surface area contributed by atoms with E-state index in [0.717, 1.165) is 37.1 Å². The molecule has 1 aromatic rings. The molecule has 1 atom stereocenters. The molecule has 0 bridgehead atoms. The molecule has 3 nitrogen and oxygen atoms in total. The Labute approximate surface area is 115 Å². The molecule has 0 radical (unpaired) electrons. The standard InChI is InChI=1S/C16H23NO2/c1-13-4-2-6-15(10-13)16(19)12-17-8-3-5-14(11-17)7-9-18/h2,4,6,10,14,18H,3,5,7-9,11-12H2,1H3. The predicted molar refractivity (Wildman–Crippen MR) is 76.4 cm³/mol. The molecule has 1 unspecified atom stereocenters. The number of benzene rings is 1. The molecule has 1 fully saturated rings. The number of carbonyl (C=O) groups is 1. The maximum absolute atomic E-state index is 12.2. The van der Waals surface area contributed by atoms with Crippen molar-refractivity contribution in [3.05, 3.63) is 35.4 Å². The first-order valence-electron chi connectivity index (χ1n) is 7.12. The van der Waals surface area contributed by atoms with Crippen LogP contribution in [0.2, 0.25) is 0 Å². The Kier molecular flexibility index (Phi) is 5.11. The minimum Gasteiger partial charge on any atom is -0.396 e. The molecular formula is C16H23NO2. The van der Waals surface area contributed by atoms with Crippen LogP contribution < -0.4 is 0 Å². The van der Waals surface area contributed by atoms with Crippen LogP contribution in [0.25, 0.3) is 0 Å². The Balaban J connectivity index is 1.91. The van der Waals surface area contributed by atoms with Gasteiger partial charge >= 0.3 is 0 Å². The highest BCUT2D eigenvalue weighted by atomic mass is 16.3. The lowest BCUT2D eigenvalue weighted by molar-refractivity contribution is 0.0871. The molecule has 1 aliphatic heterocycles. The van der Waals surface area contributed by atoms with Crippen LogP contribution >= 0.6 is 0 Å². The first-order valence-corrected chi connectivity index (χ1v) is 7.12. The van der Waals surface area contributed by atoms with E-state index in [2.05, 4.69) is 4.90 Å². The number of Topliss-reactive ketones (excluding diaryl/α,β-unsaturated/α-hetero) is 1. The molecule has 3 heteroatoms. The van der Waals surface area contributed by atoms with Crippen molar-refractivity contribution in [2.75, 3.05) is 26.2 Å². The molecule has 0 aliphatic carbocycles. The zero-order valence-electron chi connectivity index (χ0n) is 11.6. The summed E-state index contributed by atoms with van der Waals surface area (Å²) in [6.07, 6.45) is 3.16. The van der Waals surface area contributed by atoms with Crippen molar-refractivity contribution in [1.82, 2.24) is 4.90 Å². The molecule has 1 saturated heterocycles. The van der Waals surface area contributed by atoms with Gasteiger partial charge in [-0.1, -0.05) is 23.8 Å². The third kappa shape index (κ3) is 4.15. The Morgan fingerprint density at radius 2 is 2.32 bits per heavy atom. The number of hydrogen-bond acceptors (Lipinski definition) is 3. The van der Waals surface area contributed by atoms with Crippen LogP contribution in [0.5, 0.6) is 0 Å². The van der Waals surface area contributed by atoms with Crippen LogP contribution in [0.3, 0.4) is 0 Å². The van der Waals surface area contributed by atoms with Crippen molar-refractivity contribution in [2.45, 2.75) is 26.2 Å². The van der Waals surface area contributed by atoms with Gasteiger partial charge in [-0.15, -0.1) is 0 Å². The van der Waals surface area contributed by atoms with E-state index >= 15 is 0 Å². The summed E-state index contributed by atoms with van der Waals surface area (Å²) in [5.41, 5.74) is 1.94. The van der Waals surface area contributed by atoms with Crippen LogP contribution in [0.15, 0.2) is 24.3 Å². The molecule has 1 heterocycles. The molecule has 1 aliphatic rings. The van der Waals surface area contributed by atoms with Crippen LogP contribution in [-0.2, 0) is 0 Å². The van der Waals surface area contributed by atoms with Gasteiger partial charge in [0.15, 0.2) is 5.78 Å². The van der Waals surface area contributed by atoms with E-state index < -0.39 is 0 Å². The summed E-state index contributed by atoms with van der Waals surface area (Å²) in [5, 5.41) is 9.01. The second-order valence-electron chi connectivity index (χ2n) is 5.55. The molecule has 0 saturated carbocycles. The quantitative estimate of drug-likeness (QED) is 0.827. The normalized spacial score (nSPS) is 20.4. The van der Waals surface area contributed by atoms with Crippen LogP contribution in [0.1, 0.15) is 35.2 Å². The summed E-state index contributed by atoms with van der Waals surface area (Å²) in [6, 6.07) is 7.80. The van der Waals surface area contributed by atoms with Gasteiger partial charge in [0, 0.05) is 18.7 Å². The third-order valence-corrected chi connectivity index (χ3v) is 3.85. The Hall–Kier alpha value is -1.19. The zero-order chi connectivity index (χ0) is 13.7. The van der Waals surface area contributed by atoms with Crippen LogP contribution in [0, 0.1) is 12.8 Å². The van der Waals surface area contributed by atoms with Crippen molar-refractivity contribution < 1.29 is 9.90 Å². The van der Waals surface area contributed by atoms with Gasteiger partial charge in [-0.2, -0.15) is 0 Å².